The molecule has 2 rings (SSSR count). The molecule has 0 amide bonds. The Kier molecular flexibility index (Phi) is 2.36. The van der Waals surface area contributed by atoms with Crippen molar-refractivity contribution in [3.63, 3.8) is 0 Å². The second kappa shape index (κ2) is 3.22. The van der Waals surface area contributed by atoms with Gasteiger partial charge >= 0.3 is 0 Å². The molecule has 15 heavy (non-hydrogen) atoms. The Labute approximate surface area is 95.1 Å². The number of hydrogen-bond donors (Lipinski definition) is 1. The summed E-state index contributed by atoms with van der Waals surface area (Å²) >= 11 is 1.54. The summed E-state index contributed by atoms with van der Waals surface area (Å²) in [6.07, 6.45) is 0. The minimum absolute atomic E-state index is 0.0400. The summed E-state index contributed by atoms with van der Waals surface area (Å²) in [6, 6.07) is 4.16. The second-order valence-electron chi connectivity index (χ2n) is 5.23. The van der Waals surface area contributed by atoms with E-state index in [0.29, 0.717) is 0 Å². The van der Waals surface area contributed by atoms with Crippen molar-refractivity contribution in [1.82, 2.24) is 4.98 Å². The molecule has 1 aliphatic heterocycles. The fraction of sp³-hybridized carbons (Fsp3) is 0.583. The number of pyridine rings is 1. The van der Waals surface area contributed by atoms with E-state index in [0.717, 1.165) is 22.7 Å². The standard InChI is InChI=1S/C12H17NOS/c1-11(2,3)9-6-5-8-7-15-12(4,14)10(8)13-9/h5-6,14H,7H2,1-4H3. The summed E-state index contributed by atoms with van der Waals surface area (Å²) in [6.45, 7) is 8.23. The molecule has 0 saturated heterocycles. The highest BCUT2D eigenvalue weighted by Crippen LogP contribution is 2.44. The van der Waals surface area contributed by atoms with Crippen molar-refractivity contribution < 1.29 is 5.11 Å². The highest BCUT2D eigenvalue weighted by molar-refractivity contribution is 7.99. The normalized spacial score (nSPS) is 25.4. The van der Waals surface area contributed by atoms with Gasteiger partial charge in [0.15, 0.2) is 4.93 Å². The van der Waals surface area contributed by atoms with Gasteiger partial charge in [0.1, 0.15) is 0 Å². The molecule has 1 atom stereocenters. The van der Waals surface area contributed by atoms with Gasteiger partial charge in [-0.25, -0.2) is 0 Å². The maximum absolute atomic E-state index is 10.1. The van der Waals surface area contributed by atoms with E-state index in [-0.39, 0.29) is 5.41 Å². The van der Waals surface area contributed by atoms with Crippen molar-refractivity contribution in [2.24, 2.45) is 0 Å². The number of hydrogen-bond acceptors (Lipinski definition) is 3. The first-order valence-electron chi connectivity index (χ1n) is 5.18. The zero-order chi connectivity index (χ0) is 11.3. The van der Waals surface area contributed by atoms with E-state index < -0.39 is 4.93 Å². The van der Waals surface area contributed by atoms with E-state index in [1.807, 2.05) is 6.92 Å². The highest BCUT2D eigenvalue weighted by Gasteiger charge is 2.35. The van der Waals surface area contributed by atoms with Crippen molar-refractivity contribution in [3.8, 4) is 0 Å². The van der Waals surface area contributed by atoms with E-state index in [9.17, 15) is 5.11 Å². The quantitative estimate of drug-likeness (QED) is 0.734. The number of fused-ring (bicyclic) bond motifs is 1. The van der Waals surface area contributed by atoms with E-state index in [2.05, 4.69) is 37.9 Å². The molecule has 1 N–H and O–H groups in total. The third-order valence-corrected chi connectivity index (χ3v) is 3.91. The molecule has 3 heteroatoms. The Bertz CT molecular complexity index is 393. The van der Waals surface area contributed by atoms with Crippen LogP contribution in [0.3, 0.4) is 0 Å². The predicted octanol–water partition coefficient (Wildman–Crippen LogP) is 2.79. The molecule has 0 spiro atoms. The van der Waals surface area contributed by atoms with E-state index in [1.54, 1.807) is 11.8 Å². The van der Waals surface area contributed by atoms with Gasteiger partial charge in [-0.15, -0.1) is 11.8 Å². The molecule has 2 nitrogen and oxygen atoms in total. The van der Waals surface area contributed by atoms with Gasteiger partial charge in [-0.05, 0) is 18.6 Å². The van der Waals surface area contributed by atoms with Gasteiger partial charge in [0.05, 0.1) is 5.69 Å². The predicted molar refractivity (Wildman–Crippen MR) is 63.8 cm³/mol. The first-order valence-corrected chi connectivity index (χ1v) is 6.16. The fourth-order valence-corrected chi connectivity index (χ4v) is 2.69. The molecule has 0 aliphatic carbocycles. The molecule has 0 aromatic carbocycles. The van der Waals surface area contributed by atoms with Crippen LogP contribution in [-0.4, -0.2) is 10.1 Å². The average molecular weight is 223 g/mol. The van der Waals surface area contributed by atoms with Gasteiger partial charge in [0, 0.05) is 16.9 Å². The molecule has 0 radical (unpaired) electrons. The van der Waals surface area contributed by atoms with Crippen LogP contribution in [0.15, 0.2) is 12.1 Å². The maximum atomic E-state index is 10.1. The summed E-state index contributed by atoms with van der Waals surface area (Å²) in [5.74, 6) is 0.861. The van der Waals surface area contributed by atoms with Gasteiger partial charge in [-0.2, -0.15) is 0 Å². The van der Waals surface area contributed by atoms with Gasteiger partial charge in [-0.3, -0.25) is 4.98 Å². The molecule has 1 aromatic heterocycles. The van der Waals surface area contributed by atoms with Crippen molar-refractivity contribution in [1.29, 1.82) is 0 Å². The Morgan fingerprint density at radius 2 is 2.07 bits per heavy atom. The van der Waals surface area contributed by atoms with Gasteiger partial charge in [-0.1, -0.05) is 26.8 Å². The van der Waals surface area contributed by atoms with E-state index >= 15 is 0 Å². The zero-order valence-electron chi connectivity index (χ0n) is 9.66. The number of nitrogens with zero attached hydrogens (tertiary/aromatic N) is 1. The smallest absolute Gasteiger partial charge is 0.150 e. The summed E-state index contributed by atoms with van der Waals surface area (Å²) in [5, 5.41) is 10.1. The van der Waals surface area contributed by atoms with Crippen LogP contribution in [0, 0.1) is 0 Å². The Balaban J connectivity index is 2.51. The third kappa shape index (κ3) is 1.91. The van der Waals surface area contributed by atoms with Crippen molar-refractivity contribution in [2.75, 3.05) is 0 Å². The third-order valence-electron chi connectivity index (χ3n) is 2.70. The molecular formula is C12H17NOS. The first kappa shape index (κ1) is 11.0. The lowest BCUT2D eigenvalue weighted by Gasteiger charge is -2.21. The molecule has 0 bridgehead atoms. The lowest BCUT2D eigenvalue weighted by molar-refractivity contribution is 0.156. The van der Waals surface area contributed by atoms with Gasteiger partial charge in [0.2, 0.25) is 0 Å². The lowest BCUT2D eigenvalue weighted by Crippen LogP contribution is -2.19. The zero-order valence-corrected chi connectivity index (χ0v) is 10.5. The average Bonchev–Trinajstić information content (AvgIpc) is 2.41. The Morgan fingerprint density at radius 3 is 2.67 bits per heavy atom. The molecule has 0 fully saturated rings. The number of aromatic nitrogens is 1. The van der Waals surface area contributed by atoms with Crippen molar-refractivity contribution in [3.05, 3.63) is 29.1 Å². The highest BCUT2D eigenvalue weighted by atomic mass is 32.2. The number of aliphatic hydroxyl groups is 1. The Morgan fingerprint density at radius 1 is 1.40 bits per heavy atom. The Hall–Kier alpha value is -0.540. The monoisotopic (exact) mass is 223 g/mol. The number of rotatable bonds is 0. The summed E-state index contributed by atoms with van der Waals surface area (Å²) in [7, 11) is 0. The largest absolute Gasteiger partial charge is 0.374 e. The van der Waals surface area contributed by atoms with Crippen LogP contribution in [0.5, 0.6) is 0 Å². The maximum Gasteiger partial charge on any atom is 0.150 e. The fourth-order valence-electron chi connectivity index (χ4n) is 1.71. The van der Waals surface area contributed by atoms with E-state index in [1.165, 1.54) is 0 Å². The van der Waals surface area contributed by atoms with Crippen molar-refractivity contribution in [2.45, 2.75) is 43.8 Å². The molecular weight excluding hydrogens is 206 g/mol. The molecule has 82 valence electrons. The van der Waals surface area contributed by atoms with Crippen LogP contribution in [0.25, 0.3) is 0 Å². The summed E-state index contributed by atoms with van der Waals surface area (Å²) in [5.41, 5.74) is 3.10. The minimum Gasteiger partial charge on any atom is -0.374 e. The molecule has 0 saturated carbocycles. The molecule has 2 heterocycles. The molecule has 1 aliphatic rings. The first-order chi connectivity index (χ1) is 6.81. The SMILES string of the molecule is CC(C)(C)c1ccc2c(n1)C(C)(O)SC2. The van der Waals surface area contributed by atoms with Gasteiger partial charge < -0.3 is 5.11 Å². The summed E-state index contributed by atoms with van der Waals surface area (Å²) in [4.78, 5) is 3.80. The van der Waals surface area contributed by atoms with Crippen LogP contribution in [0.2, 0.25) is 0 Å². The van der Waals surface area contributed by atoms with Crippen LogP contribution in [0.1, 0.15) is 44.6 Å². The minimum atomic E-state index is -0.809. The number of thioether (sulfide) groups is 1. The van der Waals surface area contributed by atoms with Crippen LogP contribution in [0.4, 0.5) is 0 Å². The van der Waals surface area contributed by atoms with Crippen LogP contribution in [-0.2, 0) is 16.1 Å². The van der Waals surface area contributed by atoms with Crippen LogP contribution >= 0.6 is 11.8 Å². The van der Waals surface area contributed by atoms with Crippen LogP contribution < -0.4 is 0 Å². The topological polar surface area (TPSA) is 33.1 Å². The lowest BCUT2D eigenvalue weighted by atomic mass is 9.91. The summed E-state index contributed by atoms with van der Waals surface area (Å²) < 4.78 is 0. The molecule has 1 aromatic rings. The van der Waals surface area contributed by atoms with Crippen molar-refractivity contribution >= 4 is 11.8 Å². The second-order valence-corrected chi connectivity index (χ2v) is 6.60. The van der Waals surface area contributed by atoms with E-state index in [4.69, 9.17) is 0 Å². The molecule has 1 unspecified atom stereocenters. The van der Waals surface area contributed by atoms with Gasteiger partial charge in [0.25, 0.3) is 0 Å².